The van der Waals surface area contributed by atoms with E-state index in [1.807, 2.05) is 0 Å². The highest BCUT2D eigenvalue weighted by atomic mass is 16.6. The van der Waals surface area contributed by atoms with Gasteiger partial charge in [0.25, 0.3) is 0 Å². The Labute approximate surface area is 146 Å². The van der Waals surface area contributed by atoms with Crippen LogP contribution < -0.4 is 4.74 Å². The zero-order valence-corrected chi connectivity index (χ0v) is 13.7. The Balaban J connectivity index is 1.91. The molecule has 0 N–H and O–H groups in total. The molecule has 0 atom stereocenters. The second-order valence-electron chi connectivity index (χ2n) is 5.46. The summed E-state index contributed by atoms with van der Waals surface area (Å²) in [6, 6.07) is 5.29. The minimum absolute atomic E-state index is 0.125. The number of imidazole rings is 2. The van der Waals surface area contributed by atoms with E-state index in [1.165, 1.54) is 41.3 Å². The normalized spacial score (nSPS) is 10.7. The minimum atomic E-state index is -0.511. The Morgan fingerprint density at radius 1 is 0.923 bits per heavy atom. The van der Waals surface area contributed by atoms with Crippen LogP contribution in [0.25, 0.3) is 0 Å². The van der Waals surface area contributed by atoms with Crippen molar-refractivity contribution < 1.29 is 14.6 Å². The van der Waals surface area contributed by atoms with E-state index in [-0.39, 0.29) is 24.7 Å². The smallest absolute Gasteiger partial charge is 0.342 e. The number of hydrogen-bond acceptors (Lipinski definition) is 7. The van der Waals surface area contributed by atoms with Crippen molar-refractivity contribution in [1.82, 2.24) is 19.1 Å². The molecule has 26 heavy (non-hydrogen) atoms. The van der Waals surface area contributed by atoms with Gasteiger partial charge in [-0.3, -0.25) is 0 Å². The van der Waals surface area contributed by atoms with E-state index in [1.54, 1.807) is 18.2 Å². The van der Waals surface area contributed by atoms with Gasteiger partial charge in [0.15, 0.2) is 12.7 Å². The Kier molecular flexibility index (Phi) is 4.60. The van der Waals surface area contributed by atoms with Gasteiger partial charge in [-0.2, -0.15) is 0 Å². The fraction of sp³-hybridized carbons (Fsp3) is 0.200. The quantitative estimate of drug-likeness (QED) is 0.466. The SMILES string of the molecule is COc1cc(Cn2cncc2[N+](=O)[O-])cc(Cn2cncc2[N+](=O)[O-])c1. The van der Waals surface area contributed by atoms with Gasteiger partial charge in [0.1, 0.15) is 31.2 Å². The molecule has 1 aromatic carbocycles. The second kappa shape index (κ2) is 7.01. The maximum atomic E-state index is 11.0. The lowest BCUT2D eigenvalue weighted by atomic mass is 10.1. The molecular formula is C15H14N6O5. The van der Waals surface area contributed by atoms with Gasteiger partial charge in [0, 0.05) is 0 Å². The third kappa shape index (κ3) is 3.50. The summed E-state index contributed by atoms with van der Waals surface area (Å²) >= 11 is 0. The predicted molar refractivity (Wildman–Crippen MR) is 89.0 cm³/mol. The highest BCUT2D eigenvalue weighted by molar-refractivity contribution is 5.36. The molecule has 2 heterocycles. The van der Waals surface area contributed by atoms with Crippen LogP contribution in [0.15, 0.2) is 43.2 Å². The number of rotatable bonds is 7. The number of ether oxygens (including phenoxy) is 1. The van der Waals surface area contributed by atoms with Crippen molar-refractivity contribution in [2.45, 2.75) is 13.1 Å². The first-order chi connectivity index (χ1) is 12.5. The van der Waals surface area contributed by atoms with Crippen molar-refractivity contribution >= 4 is 11.6 Å². The molecule has 0 saturated carbocycles. The Bertz CT molecular complexity index is 891. The van der Waals surface area contributed by atoms with Crippen molar-refractivity contribution in [2.24, 2.45) is 0 Å². The van der Waals surface area contributed by atoms with Crippen LogP contribution in [0.1, 0.15) is 11.1 Å². The van der Waals surface area contributed by atoms with Gasteiger partial charge in [-0.15, -0.1) is 0 Å². The molecule has 134 valence electrons. The fourth-order valence-electron chi connectivity index (χ4n) is 2.60. The molecule has 0 radical (unpaired) electrons. The molecule has 0 spiro atoms. The third-order valence-electron chi connectivity index (χ3n) is 3.72. The molecule has 2 aromatic heterocycles. The maximum Gasteiger partial charge on any atom is 0.342 e. The first-order valence-electron chi connectivity index (χ1n) is 7.44. The standard InChI is InChI=1S/C15H14N6O5/c1-26-13-3-11(7-18-9-16-5-14(18)20(22)23)2-12(4-13)8-19-10-17-6-15(19)21(24)25/h2-6,9-10H,7-8H2,1H3. The molecule has 11 heteroatoms. The lowest BCUT2D eigenvalue weighted by molar-refractivity contribution is -0.392. The molecule has 0 saturated heterocycles. The van der Waals surface area contributed by atoms with Gasteiger partial charge < -0.3 is 25.0 Å². The summed E-state index contributed by atoms with van der Waals surface area (Å²) in [6.07, 6.45) is 5.10. The minimum Gasteiger partial charge on any atom is -0.497 e. The summed E-state index contributed by atoms with van der Waals surface area (Å²) in [5.74, 6) is 0.294. The van der Waals surface area contributed by atoms with Crippen molar-refractivity contribution in [3.05, 3.63) is 74.6 Å². The highest BCUT2D eigenvalue weighted by Gasteiger charge is 2.17. The van der Waals surface area contributed by atoms with Gasteiger partial charge in [0.05, 0.1) is 7.11 Å². The Morgan fingerprint density at radius 2 is 1.38 bits per heavy atom. The molecule has 0 aliphatic rings. The van der Waals surface area contributed by atoms with Crippen molar-refractivity contribution in [1.29, 1.82) is 0 Å². The van der Waals surface area contributed by atoms with Crippen molar-refractivity contribution in [3.63, 3.8) is 0 Å². The number of hydrogen-bond donors (Lipinski definition) is 0. The van der Waals surface area contributed by atoms with Crippen molar-refractivity contribution in [3.8, 4) is 5.75 Å². The molecule has 3 aromatic rings. The number of nitro groups is 2. The van der Waals surface area contributed by atoms with Crippen LogP contribution in [0.3, 0.4) is 0 Å². The van der Waals surface area contributed by atoms with Gasteiger partial charge in [-0.25, -0.2) is 19.1 Å². The number of methoxy groups -OCH3 is 1. The summed E-state index contributed by atoms with van der Waals surface area (Å²) in [6.45, 7) is 0.430. The monoisotopic (exact) mass is 358 g/mol. The summed E-state index contributed by atoms with van der Waals surface area (Å²) in [5.41, 5.74) is 1.48. The summed E-state index contributed by atoms with van der Waals surface area (Å²) in [4.78, 5) is 28.6. The van der Waals surface area contributed by atoms with E-state index >= 15 is 0 Å². The summed E-state index contributed by atoms with van der Waals surface area (Å²) < 4.78 is 8.07. The number of nitrogens with zero attached hydrogens (tertiary/aromatic N) is 6. The van der Waals surface area contributed by atoms with Crippen LogP contribution in [0.5, 0.6) is 5.75 Å². The Hall–Kier alpha value is -3.76. The third-order valence-corrected chi connectivity index (χ3v) is 3.72. The maximum absolute atomic E-state index is 11.0. The van der Waals surface area contributed by atoms with Crippen LogP contribution >= 0.6 is 0 Å². The lowest BCUT2D eigenvalue weighted by Crippen LogP contribution is -2.06. The molecule has 11 nitrogen and oxygen atoms in total. The molecule has 0 aliphatic heterocycles. The molecule has 0 unspecified atom stereocenters. The molecular weight excluding hydrogens is 344 g/mol. The molecule has 3 rings (SSSR count). The molecule has 0 amide bonds. The predicted octanol–water partition coefficient (Wildman–Crippen LogP) is 2.00. The molecule has 0 bridgehead atoms. The van der Waals surface area contributed by atoms with E-state index in [0.29, 0.717) is 5.75 Å². The van der Waals surface area contributed by atoms with E-state index in [0.717, 1.165) is 11.1 Å². The zero-order chi connectivity index (χ0) is 18.7. The van der Waals surface area contributed by atoms with Gasteiger partial charge in [-0.1, -0.05) is 0 Å². The van der Waals surface area contributed by atoms with Crippen LogP contribution in [-0.4, -0.2) is 36.1 Å². The average molecular weight is 358 g/mol. The zero-order valence-electron chi connectivity index (χ0n) is 13.7. The van der Waals surface area contributed by atoms with E-state index in [2.05, 4.69) is 9.97 Å². The van der Waals surface area contributed by atoms with E-state index in [4.69, 9.17) is 4.74 Å². The average Bonchev–Trinajstić information content (AvgIpc) is 3.23. The molecule has 0 aliphatic carbocycles. The van der Waals surface area contributed by atoms with Gasteiger partial charge in [-0.05, 0) is 39.2 Å². The topological polar surface area (TPSA) is 131 Å². The second-order valence-corrected chi connectivity index (χ2v) is 5.46. The number of aromatic nitrogens is 4. The Morgan fingerprint density at radius 3 is 1.77 bits per heavy atom. The largest absolute Gasteiger partial charge is 0.497 e. The number of benzene rings is 1. The molecule has 0 fully saturated rings. The summed E-state index contributed by atoms with van der Waals surface area (Å²) in [5, 5.41) is 22.0. The first-order valence-corrected chi connectivity index (χ1v) is 7.44. The van der Waals surface area contributed by atoms with E-state index < -0.39 is 9.85 Å². The van der Waals surface area contributed by atoms with Crippen LogP contribution in [0, 0.1) is 20.2 Å². The van der Waals surface area contributed by atoms with Gasteiger partial charge >= 0.3 is 11.6 Å². The van der Waals surface area contributed by atoms with Crippen LogP contribution in [0.2, 0.25) is 0 Å². The van der Waals surface area contributed by atoms with Crippen LogP contribution in [0.4, 0.5) is 11.6 Å². The van der Waals surface area contributed by atoms with E-state index in [9.17, 15) is 20.2 Å². The van der Waals surface area contributed by atoms with Gasteiger partial charge in [0.2, 0.25) is 0 Å². The first kappa shape index (κ1) is 17.1. The summed E-state index contributed by atoms with van der Waals surface area (Å²) in [7, 11) is 1.50. The lowest BCUT2D eigenvalue weighted by Gasteiger charge is -2.08. The van der Waals surface area contributed by atoms with Crippen molar-refractivity contribution in [2.75, 3.05) is 7.11 Å². The fourth-order valence-corrected chi connectivity index (χ4v) is 2.60. The van der Waals surface area contributed by atoms with Crippen LogP contribution in [-0.2, 0) is 13.1 Å². The highest BCUT2D eigenvalue weighted by Crippen LogP contribution is 2.22.